The molecule has 0 fully saturated rings. The number of anilines is 1. The molecule has 2 rings (SSSR count). The lowest BCUT2D eigenvalue weighted by molar-refractivity contribution is 0.0786. The summed E-state index contributed by atoms with van der Waals surface area (Å²) >= 11 is 9.44. The van der Waals surface area contributed by atoms with Crippen LogP contribution in [-0.2, 0) is 6.54 Å². The first-order valence-electron chi connectivity index (χ1n) is 6.28. The molecule has 2 aromatic rings. The molecule has 0 heterocycles. The van der Waals surface area contributed by atoms with Gasteiger partial charge in [-0.1, -0.05) is 45.7 Å². The van der Waals surface area contributed by atoms with Crippen molar-refractivity contribution < 1.29 is 4.79 Å². The summed E-state index contributed by atoms with van der Waals surface area (Å²) in [5.74, 6) is 5.29. The van der Waals surface area contributed by atoms with Crippen LogP contribution in [0.1, 0.15) is 15.9 Å². The minimum Gasteiger partial charge on any atom is -0.337 e. The minimum absolute atomic E-state index is 0.152. The van der Waals surface area contributed by atoms with Crippen molar-refractivity contribution in [3.63, 3.8) is 0 Å². The summed E-state index contributed by atoms with van der Waals surface area (Å²) in [5, 5.41) is 0.492. The second-order valence-electron chi connectivity index (χ2n) is 4.59. The van der Waals surface area contributed by atoms with Crippen LogP contribution in [-0.4, -0.2) is 17.9 Å². The SMILES string of the molecule is CN(Cc1ccccc1Br)C(=O)c1cc(Cl)ccc1NN. The molecule has 0 aliphatic carbocycles. The Bertz CT molecular complexity index is 663. The summed E-state index contributed by atoms with van der Waals surface area (Å²) in [7, 11) is 1.74. The van der Waals surface area contributed by atoms with Gasteiger partial charge in [0.15, 0.2) is 0 Å². The van der Waals surface area contributed by atoms with Crippen molar-refractivity contribution in [2.24, 2.45) is 5.84 Å². The highest BCUT2D eigenvalue weighted by Gasteiger charge is 2.17. The minimum atomic E-state index is -0.152. The molecule has 110 valence electrons. The van der Waals surface area contributed by atoms with Gasteiger partial charge >= 0.3 is 0 Å². The Balaban J connectivity index is 2.24. The zero-order chi connectivity index (χ0) is 15.4. The highest BCUT2D eigenvalue weighted by Crippen LogP contribution is 2.23. The van der Waals surface area contributed by atoms with Crippen LogP contribution >= 0.6 is 27.5 Å². The molecule has 0 atom stereocenters. The molecule has 0 unspecified atom stereocenters. The average molecular weight is 369 g/mol. The standard InChI is InChI=1S/C15H15BrClN3O/c1-20(9-10-4-2-3-5-13(10)16)15(21)12-8-11(17)6-7-14(12)19-18/h2-8,19H,9,18H2,1H3. The number of rotatable bonds is 4. The van der Waals surface area contributed by atoms with Gasteiger partial charge in [-0.05, 0) is 29.8 Å². The van der Waals surface area contributed by atoms with Gasteiger partial charge in [-0.3, -0.25) is 10.6 Å². The monoisotopic (exact) mass is 367 g/mol. The van der Waals surface area contributed by atoms with Crippen LogP contribution in [0.2, 0.25) is 5.02 Å². The molecule has 0 aliphatic heterocycles. The van der Waals surface area contributed by atoms with Crippen molar-refractivity contribution in [1.29, 1.82) is 0 Å². The fraction of sp³-hybridized carbons (Fsp3) is 0.133. The average Bonchev–Trinajstić information content (AvgIpc) is 2.48. The number of halogens is 2. The maximum Gasteiger partial charge on any atom is 0.256 e. The van der Waals surface area contributed by atoms with Crippen LogP contribution in [0.25, 0.3) is 0 Å². The first kappa shape index (κ1) is 15.8. The summed E-state index contributed by atoms with van der Waals surface area (Å²) in [5.41, 5.74) is 4.53. The summed E-state index contributed by atoms with van der Waals surface area (Å²) in [6, 6.07) is 12.8. The molecule has 4 nitrogen and oxygen atoms in total. The Morgan fingerprint density at radius 2 is 2.05 bits per heavy atom. The first-order chi connectivity index (χ1) is 10.0. The molecule has 0 saturated heterocycles. The third kappa shape index (κ3) is 3.75. The summed E-state index contributed by atoms with van der Waals surface area (Å²) in [4.78, 5) is 14.2. The normalized spacial score (nSPS) is 10.3. The quantitative estimate of drug-likeness (QED) is 0.639. The van der Waals surface area contributed by atoms with Gasteiger partial charge in [0, 0.05) is 23.1 Å². The summed E-state index contributed by atoms with van der Waals surface area (Å²) in [6.45, 7) is 0.483. The van der Waals surface area contributed by atoms with Crippen LogP contribution in [0.5, 0.6) is 0 Å². The van der Waals surface area contributed by atoms with Crippen molar-refractivity contribution in [1.82, 2.24) is 4.90 Å². The number of nitrogen functional groups attached to an aromatic ring is 1. The Labute approximate surface area is 137 Å². The van der Waals surface area contributed by atoms with Crippen molar-refractivity contribution in [3.8, 4) is 0 Å². The van der Waals surface area contributed by atoms with Gasteiger partial charge in [0.2, 0.25) is 0 Å². The van der Waals surface area contributed by atoms with E-state index in [1.54, 1.807) is 30.1 Å². The lowest BCUT2D eigenvalue weighted by atomic mass is 10.1. The molecular weight excluding hydrogens is 354 g/mol. The van der Waals surface area contributed by atoms with E-state index in [1.807, 2.05) is 24.3 Å². The fourth-order valence-electron chi connectivity index (χ4n) is 1.98. The number of hydrogen-bond donors (Lipinski definition) is 2. The Morgan fingerprint density at radius 3 is 2.71 bits per heavy atom. The van der Waals surface area contributed by atoms with Gasteiger partial charge in [-0.15, -0.1) is 0 Å². The molecule has 0 aromatic heterocycles. The number of nitrogens with one attached hydrogen (secondary N) is 1. The number of amides is 1. The van der Waals surface area contributed by atoms with E-state index in [1.165, 1.54) is 0 Å². The molecule has 0 saturated carbocycles. The second kappa shape index (κ2) is 6.93. The summed E-state index contributed by atoms with van der Waals surface area (Å²) < 4.78 is 0.966. The maximum absolute atomic E-state index is 12.5. The zero-order valence-corrected chi connectivity index (χ0v) is 13.8. The molecule has 1 amide bonds. The third-order valence-corrected chi connectivity index (χ3v) is 4.09. The second-order valence-corrected chi connectivity index (χ2v) is 5.88. The number of nitrogens with zero attached hydrogens (tertiary/aromatic N) is 1. The van der Waals surface area contributed by atoms with Gasteiger partial charge in [0.05, 0.1) is 11.3 Å². The largest absolute Gasteiger partial charge is 0.337 e. The van der Waals surface area contributed by atoms with Crippen molar-refractivity contribution in [2.75, 3.05) is 12.5 Å². The number of hydrazine groups is 1. The first-order valence-corrected chi connectivity index (χ1v) is 7.45. The van der Waals surface area contributed by atoms with E-state index >= 15 is 0 Å². The number of carbonyl (C=O) groups excluding carboxylic acids is 1. The molecule has 0 spiro atoms. The Hall–Kier alpha value is -1.56. The van der Waals surface area contributed by atoms with E-state index in [0.717, 1.165) is 10.0 Å². The van der Waals surface area contributed by atoms with E-state index in [0.29, 0.717) is 22.8 Å². The topological polar surface area (TPSA) is 58.4 Å². The van der Waals surface area contributed by atoms with Crippen LogP contribution in [0.15, 0.2) is 46.9 Å². The van der Waals surface area contributed by atoms with Crippen LogP contribution in [0.4, 0.5) is 5.69 Å². The lowest BCUT2D eigenvalue weighted by Crippen LogP contribution is -2.27. The van der Waals surface area contributed by atoms with Gasteiger partial charge in [-0.25, -0.2) is 0 Å². The van der Waals surface area contributed by atoms with E-state index < -0.39 is 0 Å². The van der Waals surface area contributed by atoms with Gasteiger partial charge in [0.1, 0.15) is 0 Å². The van der Waals surface area contributed by atoms with E-state index in [2.05, 4.69) is 21.4 Å². The van der Waals surface area contributed by atoms with Crippen LogP contribution in [0, 0.1) is 0 Å². The molecule has 21 heavy (non-hydrogen) atoms. The van der Waals surface area contributed by atoms with Gasteiger partial charge in [-0.2, -0.15) is 0 Å². The van der Waals surface area contributed by atoms with E-state index in [9.17, 15) is 4.79 Å². The Kier molecular flexibility index (Phi) is 5.22. The molecule has 0 radical (unpaired) electrons. The highest BCUT2D eigenvalue weighted by atomic mass is 79.9. The predicted molar refractivity (Wildman–Crippen MR) is 89.2 cm³/mol. The van der Waals surface area contributed by atoms with Crippen molar-refractivity contribution in [3.05, 3.63) is 63.1 Å². The molecule has 3 N–H and O–H groups in total. The number of nitrogens with two attached hydrogens (primary N) is 1. The maximum atomic E-state index is 12.5. The molecule has 0 bridgehead atoms. The zero-order valence-electron chi connectivity index (χ0n) is 11.4. The fourth-order valence-corrected chi connectivity index (χ4v) is 2.56. The number of benzene rings is 2. The third-order valence-electron chi connectivity index (χ3n) is 3.08. The molecule has 0 aliphatic rings. The van der Waals surface area contributed by atoms with Crippen LogP contribution < -0.4 is 11.3 Å². The van der Waals surface area contributed by atoms with Crippen molar-refractivity contribution in [2.45, 2.75) is 6.54 Å². The van der Waals surface area contributed by atoms with Gasteiger partial charge < -0.3 is 10.3 Å². The molecule has 6 heteroatoms. The number of carbonyl (C=O) groups is 1. The van der Waals surface area contributed by atoms with Gasteiger partial charge in [0.25, 0.3) is 5.91 Å². The summed E-state index contributed by atoms with van der Waals surface area (Å²) in [6.07, 6.45) is 0. The highest BCUT2D eigenvalue weighted by molar-refractivity contribution is 9.10. The smallest absolute Gasteiger partial charge is 0.256 e. The van der Waals surface area contributed by atoms with Crippen molar-refractivity contribution >= 4 is 39.1 Å². The van der Waals surface area contributed by atoms with E-state index in [-0.39, 0.29) is 5.91 Å². The Morgan fingerprint density at radius 1 is 1.33 bits per heavy atom. The molecule has 2 aromatic carbocycles. The predicted octanol–water partition coefficient (Wildman–Crippen LogP) is 3.66. The lowest BCUT2D eigenvalue weighted by Gasteiger charge is -2.20. The van der Waals surface area contributed by atoms with E-state index in [4.69, 9.17) is 17.4 Å². The molecular formula is C15H15BrClN3O. The van der Waals surface area contributed by atoms with Crippen LogP contribution in [0.3, 0.4) is 0 Å². The number of hydrogen-bond acceptors (Lipinski definition) is 3.